The molecule has 2 radical (unpaired) electrons. The third kappa shape index (κ3) is 9.10. The molecular weight excluding hydrogens is 770 g/mol. The second-order valence-electron chi connectivity index (χ2n) is 9.65. The minimum Gasteiger partial charge on any atom is -0.506 e. The van der Waals surface area contributed by atoms with Crippen molar-refractivity contribution in [2.24, 2.45) is 20.5 Å². The summed E-state index contributed by atoms with van der Waals surface area (Å²) in [6, 6.07) is 32.1. The van der Waals surface area contributed by atoms with Gasteiger partial charge in [0.25, 0.3) is 20.2 Å². The van der Waals surface area contributed by atoms with Crippen molar-refractivity contribution in [2.75, 3.05) is 0 Å². The molecule has 15 heteroatoms. The van der Waals surface area contributed by atoms with Crippen molar-refractivity contribution < 1.29 is 36.2 Å². The van der Waals surface area contributed by atoms with Crippen LogP contribution in [0.2, 0.25) is 0 Å². The quantitative estimate of drug-likeness (QED) is 0.0738. The van der Waals surface area contributed by atoms with E-state index in [1.807, 2.05) is 48.5 Å². The first kappa shape index (κ1) is 35.9. The van der Waals surface area contributed by atoms with Gasteiger partial charge in [0.05, 0.1) is 21.2 Å². The van der Waals surface area contributed by atoms with Crippen molar-refractivity contribution in [1.82, 2.24) is 0 Å². The van der Waals surface area contributed by atoms with Crippen molar-refractivity contribution in [3.05, 3.63) is 121 Å². The van der Waals surface area contributed by atoms with Crippen LogP contribution in [-0.4, -0.2) is 85.0 Å². The van der Waals surface area contributed by atoms with E-state index in [0.29, 0.717) is 22.7 Å². The summed E-state index contributed by atoms with van der Waals surface area (Å²) in [5.41, 5.74) is 1.46. The molecule has 4 N–H and O–H groups in total. The second-order valence-corrected chi connectivity index (χ2v) is 12.5. The van der Waals surface area contributed by atoms with Crippen LogP contribution in [0.25, 0.3) is 21.5 Å². The maximum absolute atomic E-state index is 11.0. The van der Waals surface area contributed by atoms with Gasteiger partial charge in [0.15, 0.2) is 0 Å². The molecule has 234 valence electrons. The van der Waals surface area contributed by atoms with Gasteiger partial charge < -0.3 is 10.2 Å². The second kappa shape index (κ2) is 15.3. The number of azo groups is 2. The average molecular weight is 794 g/mol. The van der Waals surface area contributed by atoms with Crippen molar-refractivity contribution in [2.45, 2.75) is 9.79 Å². The monoisotopic (exact) mass is 794 g/mol. The minimum absolute atomic E-state index is 0. The number of benzene rings is 6. The Morgan fingerprint density at radius 1 is 0.426 bits per heavy atom. The van der Waals surface area contributed by atoms with Gasteiger partial charge in [-0.2, -0.15) is 27.1 Å². The number of phenolic OH excluding ortho intramolecular Hbond substituents is 2. The Hall–Kier alpha value is -3.97. The topological polar surface area (TPSA) is 199 Å². The zero-order chi connectivity index (χ0) is 32.9. The first-order valence-corrected chi connectivity index (χ1v) is 16.2. The zero-order valence-corrected chi connectivity index (χ0v) is 30.4. The SMILES string of the molecule is O=S(=O)(O)c1ccc(N=Nc2c(O)ccc3ccccc23)cc1.O=S(=O)(O)c1ccc(N=Nc2c(O)ccc3ccccc23)cc1.[Ba]. The molecule has 0 aliphatic carbocycles. The van der Waals surface area contributed by atoms with E-state index in [0.717, 1.165) is 21.5 Å². The summed E-state index contributed by atoms with van der Waals surface area (Å²) in [5, 5.41) is 39.4. The largest absolute Gasteiger partial charge is 0.506 e. The number of aromatic hydroxyl groups is 2. The molecule has 0 heterocycles. The number of rotatable bonds is 6. The first-order valence-electron chi connectivity index (χ1n) is 13.3. The molecule has 0 aromatic heterocycles. The Morgan fingerprint density at radius 2 is 0.766 bits per heavy atom. The van der Waals surface area contributed by atoms with E-state index in [1.165, 1.54) is 60.7 Å². The van der Waals surface area contributed by atoms with Gasteiger partial charge in [-0.05, 0) is 71.4 Å². The molecule has 0 spiro atoms. The van der Waals surface area contributed by atoms with Crippen molar-refractivity contribution in [3.63, 3.8) is 0 Å². The van der Waals surface area contributed by atoms with Gasteiger partial charge in [0.1, 0.15) is 22.9 Å². The van der Waals surface area contributed by atoms with Gasteiger partial charge in [-0.1, -0.05) is 60.7 Å². The van der Waals surface area contributed by atoms with Crippen LogP contribution in [0, 0.1) is 0 Å². The first-order chi connectivity index (χ1) is 21.9. The molecule has 0 saturated heterocycles. The zero-order valence-electron chi connectivity index (χ0n) is 24.3. The maximum atomic E-state index is 11.0. The molecule has 0 fully saturated rings. The van der Waals surface area contributed by atoms with Crippen molar-refractivity contribution in [3.8, 4) is 11.5 Å². The molecule has 6 aromatic carbocycles. The van der Waals surface area contributed by atoms with Crippen LogP contribution in [0.3, 0.4) is 0 Å². The smallest absolute Gasteiger partial charge is 0.294 e. The van der Waals surface area contributed by atoms with E-state index in [1.54, 1.807) is 12.1 Å². The summed E-state index contributed by atoms with van der Waals surface area (Å²) in [6.07, 6.45) is 0. The molecule has 0 aliphatic rings. The number of hydrogen-bond donors (Lipinski definition) is 4. The van der Waals surface area contributed by atoms with Crippen LogP contribution in [0.15, 0.2) is 152 Å². The average Bonchev–Trinajstić information content (AvgIpc) is 3.04. The van der Waals surface area contributed by atoms with Gasteiger partial charge >= 0.3 is 0 Å². The van der Waals surface area contributed by atoms with Crippen molar-refractivity contribution in [1.29, 1.82) is 0 Å². The number of hydrogen-bond acceptors (Lipinski definition) is 10. The Morgan fingerprint density at radius 3 is 1.11 bits per heavy atom. The number of nitrogens with zero attached hydrogens (tertiary/aromatic N) is 4. The van der Waals surface area contributed by atoms with Gasteiger partial charge in [-0.3, -0.25) is 9.11 Å². The number of fused-ring (bicyclic) bond motifs is 2. The Labute approximate surface area is 309 Å². The normalized spacial score (nSPS) is 11.8. The van der Waals surface area contributed by atoms with Crippen LogP contribution in [0.5, 0.6) is 11.5 Å². The van der Waals surface area contributed by atoms with E-state index in [9.17, 15) is 27.0 Å². The molecule has 0 aliphatic heterocycles. The van der Waals surface area contributed by atoms with Gasteiger partial charge in [0, 0.05) is 59.7 Å². The van der Waals surface area contributed by atoms with E-state index in [2.05, 4.69) is 20.5 Å². The Balaban J connectivity index is 0.000000208. The summed E-state index contributed by atoms with van der Waals surface area (Å²) in [7, 11) is -8.47. The van der Waals surface area contributed by atoms with Crippen LogP contribution < -0.4 is 0 Å². The van der Waals surface area contributed by atoms with Crippen molar-refractivity contribution >= 4 is 113 Å². The predicted molar refractivity (Wildman–Crippen MR) is 178 cm³/mol. The molecule has 47 heavy (non-hydrogen) atoms. The third-order valence-electron chi connectivity index (χ3n) is 6.56. The summed E-state index contributed by atoms with van der Waals surface area (Å²) in [5.74, 6) is 0.00372. The van der Waals surface area contributed by atoms with Crippen LogP contribution in [0.4, 0.5) is 22.7 Å². The molecule has 0 atom stereocenters. The van der Waals surface area contributed by atoms with E-state index < -0.39 is 20.2 Å². The summed E-state index contributed by atoms with van der Waals surface area (Å²) >= 11 is 0. The molecule has 12 nitrogen and oxygen atoms in total. The van der Waals surface area contributed by atoms with E-state index in [-0.39, 0.29) is 70.2 Å². The summed E-state index contributed by atoms with van der Waals surface area (Å²) in [6.45, 7) is 0. The predicted octanol–water partition coefficient (Wildman–Crippen LogP) is 8.03. The molecular formula is C32H24BaN4O8S2. The van der Waals surface area contributed by atoms with Gasteiger partial charge in [-0.15, -0.1) is 10.2 Å². The maximum Gasteiger partial charge on any atom is 0.294 e. The Bertz CT molecular complexity index is 2170. The molecule has 0 amide bonds. The third-order valence-corrected chi connectivity index (χ3v) is 8.29. The molecule has 6 aromatic rings. The van der Waals surface area contributed by atoms with Gasteiger partial charge in [-0.25, -0.2) is 0 Å². The molecule has 0 saturated carbocycles. The van der Waals surface area contributed by atoms with E-state index in [4.69, 9.17) is 9.11 Å². The standard InChI is InChI=1S/2C16H12N2O4S.Ba/c2*19-15-10-5-11-3-1-2-4-14(11)16(15)18-17-12-6-8-13(9-7-12)23(20,21)22;/h2*1-10,19H,(H,20,21,22);. The minimum atomic E-state index is -4.23. The fourth-order valence-electron chi connectivity index (χ4n) is 4.28. The van der Waals surface area contributed by atoms with Crippen LogP contribution in [0.1, 0.15) is 0 Å². The molecule has 0 bridgehead atoms. The number of phenols is 2. The fourth-order valence-corrected chi connectivity index (χ4v) is 5.24. The summed E-state index contributed by atoms with van der Waals surface area (Å²) in [4.78, 5) is -0.436. The summed E-state index contributed by atoms with van der Waals surface area (Å²) < 4.78 is 61.8. The van der Waals surface area contributed by atoms with Gasteiger partial charge in [0.2, 0.25) is 0 Å². The fraction of sp³-hybridized carbons (Fsp3) is 0. The molecule has 6 rings (SSSR count). The molecule has 0 unspecified atom stereocenters. The van der Waals surface area contributed by atoms with Crippen LogP contribution in [-0.2, 0) is 20.2 Å². The Kier molecular flexibility index (Phi) is 11.7. The van der Waals surface area contributed by atoms with Crippen LogP contribution >= 0.6 is 0 Å². The van der Waals surface area contributed by atoms with E-state index >= 15 is 0 Å².